The first-order valence-electron chi connectivity index (χ1n) is 10.3. The number of rotatable bonds is 9. The Labute approximate surface area is 189 Å². The summed E-state index contributed by atoms with van der Waals surface area (Å²) in [7, 11) is 1.53. The van der Waals surface area contributed by atoms with Crippen LogP contribution in [0.5, 0.6) is 0 Å². The van der Waals surface area contributed by atoms with Crippen LogP contribution in [0.4, 0.5) is 15.9 Å². The molecule has 172 valence electrons. The SMILES string of the molecule is COCCCN(C(=O)/C=C/c1ccc(F)cc1)c1c(N)n(Cc2ccccc2)c(=O)[nH]c1=O. The van der Waals surface area contributed by atoms with Crippen LogP contribution in [0.25, 0.3) is 6.08 Å². The number of halogens is 1. The summed E-state index contributed by atoms with van der Waals surface area (Å²) < 4.78 is 19.4. The van der Waals surface area contributed by atoms with Gasteiger partial charge in [0, 0.05) is 26.3 Å². The fourth-order valence-corrected chi connectivity index (χ4v) is 3.29. The number of anilines is 2. The topological polar surface area (TPSA) is 110 Å². The maximum Gasteiger partial charge on any atom is 0.330 e. The third kappa shape index (κ3) is 6.05. The van der Waals surface area contributed by atoms with Crippen molar-refractivity contribution in [2.45, 2.75) is 13.0 Å². The lowest BCUT2D eigenvalue weighted by Gasteiger charge is -2.23. The molecule has 0 aliphatic carbocycles. The van der Waals surface area contributed by atoms with E-state index in [1.807, 2.05) is 30.3 Å². The maximum atomic E-state index is 13.1. The second-order valence-corrected chi connectivity index (χ2v) is 7.29. The number of H-pyrrole nitrogens is 1. The zero-order valence-corrected chi connectivity index (χ0v) is 18.2. The van der Waals surface area contributed by atoms with Crippen molar-refractivity contribution in [2.24, 2.45) is 0 Å². The summed E-state index contributed by atoms with van der Waals surface area (Å²) in [6.07, 6.45) is 3.21. The average molecular weight is 452 g/mol. The molecule has 0 saturated carbocycles. The summed E-state index contributed by atoms with van der Waals surface area (Å²) in [5.74, 6) is -1.02. The van der Waals surface area contributed by atoms with Crippen LogP contribution in [0.1, 0.15) is 17.5 Å². The minimum absolute atomic E-state index is 0.115. The largest absolute Gasteiger partial charge is 0.385 e. The number of benzene rings is 2. The number of nitrogen functional groups attached to an aromatic ring is 1. The Kier molecular flexibility index (Phi) is 7.93. The highest BCUT2D eigenvalue weighted by molar-refractivity contribution is 6.05. The molecule has 0 aliphatic rings. The third-order valence-electron chi connectivity index (χ3n) is 4.95. The maximum absolute atomic E-state index is 13.1. The number of ether oxygens (including phenoxy) is 1. The summed E-state index contributed by atoms with van der Waals surface area (Å²) in [4.78, 5) is 41.7. The van der Waals surface area contributed by atoms with Crippen molar-refractivity contribution in [3.8, 4) is 0 Å². The van der Waals surface area contributed by atoms with Gasteiger partial charge in [0.2, 0.25) is 0 Å². The monoisotopic (exact) mass is 452 g/mol. The molecule has 1 amide bonds. The molecule has 0 saturated heterocycles. The smallest absolute Gasteiger partial charge is 0.330 e. The minimum atomic E-state index is -0.761. The van der Waals surface area contributed by atoms with Crippen molar-refractivity contribution < 1.29 is 13.9 Å². The third-order valence-corrected chi connectivity index (χ3v) is 4.95. The average Bonchev–Trinajstić information content (AvgIpc) is 2.81. The zero-order valence-electron chi connectivity index (χ0n) is 18.2. The Balaban J connectivity index is 1.99. The molecule has 0 unspecified atom stereocenters. The van der Waals surface area contributed by atoms with E-state index in [9.17, 15) is 18.8 Å². The Morgan fingerprint density at radius 1 is 1.15 bits per heavy atom. The van der Waals surface area contributed by atoms with Crippen LogP contribution in [0.3, 0.4) is 0 Å². The molecule has 33 heavy (non-hydrogen) atoms. The highest BCUT2D eigenvalue weighted by atomic mass is 19.1. The van der Waals surface area contributed by atoms with Crippen LogP contribution in [0.2, 0.25) is 0 Å². The highest BCUT2D eigenvalue weighted by Gasteiger charge is 2.23. The number of amides is 1. The van der Waals surface area contributed by atoms with Gasteiger partial charge in [-0.25, -0.2) is 9.18 Å². The predicted molar refractivity (Wildman–Crippen MR) is 126 cm³/mol. The molecule has 0 radical (unpaired) electrons. The van der Waals surface area contributed by atoms with E-state index in [0.29, 0.717) is 18.6 Å². The number of nitrogens with zero attached hydrogens (tertiary/aromatic N) is 2. The van der Waals surface area contributed by atoms with Crippen LogP contribution in [0.15, 0.2) is 70.3 Å². The Hall–Kier alpha value is -3.98. The number of nitrogens with one attached hydrogen (secondary N) is 1. The van der Waals surface area contributed by atoms with Gasteiger partial charge in [-0.05, 0) is 35.8 Å². The summed E-state index contributed by atoms with van der Waals surface area (Å²) in [6.45, 7) is 0.616. The molecule has 1 aromatic heterocycles. The molecule has 3 rings (SSSR count). The number of hydrogen-bond donors (Lipinski definition) is 2. The van der Waals surface area contributed by atoms with Crippen molar-refractivity contribution in [1.29, 1.82) is 0 Å². The zero-order chi connectivity index (χ0) is 23.8. The van der Waals surface area contributed by atoms with E-state index in [0.717, 1.165) is 5.56 Å². The molecule has 0 aliphatic heterocycles. The second-order valence-electron chi connectivity index (χ2n) is 7.29. The summed E-state index contributed by atoms with van der Waals surface area (Å²) in [6, 6.07) is 14.7. The summed E-state index contributed by atoms with van der Waals surface area (Å²) >= 11 is 0. The number of aromatic nitrogens is 2. The van der Waals surface area contributed by atoms with Gasteiger partial charge in [0.05, 0.1) is 6.54 Å². The molecule has 9 heteroatoms. The van der Waals surface area contributed by atoms with Crippen molar-refractivity contribution in [2.75, 3.05) is 30.9 Å². The normalized spacial score (nSPS) is 11.1. The van der Waals surface area contributed by atoms with Crippen LogP contribution in [-0.4, -0.2) is 35.7 Å². The van der Waals surface area contributed by atoms with Crippen LogP contribution < -0.4 is 21.9 Å². The van der Waals surface area contributed by atoms with Crippen LogP contribution >= 0.6 is 0 Å². The van der Waals surface area contributed by atoms with E-state index in [2.05, 4.69) is 4.98 Å². The van der Waals surface area contributed by atoms with E-state index in [1.165, 1.54) is 53.0 Å². The summed E-state index contributed by atoms with van der Waals surface area (Å²) in [5.41, 5.74) is 6.12. The first-order chi connectivity index (χ1) is 15.9. The van der Waals surface area contributed by atoms with Gasteiger partial charge in [-0.2, -0.15) is 0 Å². The quantitative estimate of drug-likeness (QED) is 0.383. The van der Waals surface area contributed by atoms with Crippen LogP contribution in [0, 0.1) is 5.82 Å². The predicted octanol–water partition coefficient (Wildman–Crippen LogP) is 2.39. The Bertz CT molecular complexity index is 1230. The minimum Gasteiger partial charge on any atom is -0.385 e. The van der Waals surface area contributed by atoms with Gasteiger partial charge in [0.25, 0.3) is 11.5 Å². The van der Waals surface area contributed by atoms with Gasteiger partial charge in [0.1, 0.15) is 11.6 Å². The number of nitrogens with two attached hydrogens (primary N) is 1. The molecule has 3 N–H and O–H groups in total. The van der Waals surface area contributed by atoms with E-state index in [4.69, 9.17) is 10.5 Å². The van der Waals surface area contributed by atoms with Crippen molar-refractivity contribution in [3.63, 3.8) is 0 Å². The molecule has 8 nitrogen and oxygen atoms in total. The van der Waals surface area contributed by atoms with Crippen LogP contribution in [-0.2, 0) is 16.1 Å². The lowest BCUT2D eigenvalue weighted by Crippen LogP contribution is -2.41. The molecule has 0 spiro atoms. The van der Waals surface area contributed by atoms with Gasteiger partial charge >= 0.3 is 5.69 Å². The number of carbonyl (C=O) groups is 1. The molecular weight excluding hydrogens is 427 g/mol. The van der Waals surface area contributed by atoms with Crippen molar-refractivity contribution in [3.05, 3.63) is 98.5 Å². The molecular formula is C24H25FN4O4. The number of hydrogen-bond acceptors (Lipinski definition) is 5. The van der Waals surface area contributed by atoms with Crippen molar-refractivity contribution >= 4 is 23.5 Å². The van der Waals surface area contributed by atoms with E-state index < -0.39 is 17.2 Å². The first-order valence-corrected chi connectivity index (χ1v) is 10.3. The molecule has 0 atom stereocenters. The second kappa shape index (κ2) is 11.1. The molecule has 1 heterocycles. The summed E-state index contributed by atoms with van der Waals surface area (Å²) in [5, 5.41) is 0. The van der Waals surface area contributed by atoms with Gasteiger partial charge in [-0.15, -0.1) is 0 Å². The number of aromatic amines is 1. The lowest BCUT2D eigenvalue weighted by molar-refractivity contribution is -0.114. The molecule has 3 aromatic rings. The van der Waals surface area contributed by atoms with Crippen molar-refractivity contribution in [1.82, 2.24) is 9.55 Å². The molecule has 2 aromatic carbocycles. The van der Waals surface area contributed by atoms with E-state index in [1.54, 1.807) is 0 Å². The molecule has 0 fully saturated rings. The standard InChI is InChI=1S/C24H25FN4O4/c1-33-15-5-14-28(20(30)13-10-17-8-11-19(25)12-9-17)21-22(26)29(24(32)27-23(21)31)16-18-6-3-2-4-7-18/h2-4,6-13H,5,14-16,26H2,1H3,(H,27,31,32)/b13-10+. The highest BCUT2D eigenvalue weighted by Crippen LogP contribution is 2.19. The van der Waals surface area contributed by atoms with E-state index in [-0.39, 0.29) is 30.4 Å². The fraction of sp³-hybridized carbons (Fsp3) is 0.208. The van der Waals surface area contributed by atoms with Gasteiger partial charge < -0.3 is 15.4 Å². The fourth-order valence-electron chi connectivity index (χ4n) is 3.29. The van der Waals surface area contributed by atoms with Gasteiger partial charge in [-0.1, -0.05) is 42.5 Å². The number of methoxy groups -OCH3 is 1. The Morgan fingerprint density at radius 3 is 2.52 bits per heavy atom. The first kappa shape index (κ1) is 23.7. The Morgan fingerprint density at radius 2 is 1.85 bits per heavy atom. The van der Waals surface area contributed by atoms with Gasteiger partial charge in [-0.3, -0.25) is 19.1 Å². The lowest BCUT2D eigenvalue weighted by atomic mass is 10.2. The number of carbonyl (C=O) groups excluding carboxylic acids is 1. The van der Waals surface area contributed by atoms with E-state index >= 15 is 0 Å². The molecule has 0 bridgehead atoms. The van der Waals surface area contributed by atoms with Gasteiger partial charge in [0.15, 0.2) is 5.69 Å².